The Morgan fingerprint density at radius 3 is 3.17 bits per heavy atom. The van der Waals surface area contributed by atoms with Crippen molar-refractivity contribution in [3.8, 4) is 0 Å². The van der Waals surface area contributed by atoms with Gasteiger partial charge in [0.25, 0.3) is 0 Å². The van der Waals surface area contributed by atoms with Crippen molar-refractivity contribution in [1.29, 1.82) is 0 Å². The number of anilines is 1. The number of aromatic amines is 1. The van der Waals surface area contributed by atoms with Crippen LogP contribution in [0.2, 0.25) is 0 Å². The van der Waals surface area contributed by atoms with Crippen molar-refractivity contribution in [2.75, 3.05) is 11.9 Å². The fourth-order valence-electron chi connectivity index (χ4n) is 1.53. The van der Waals surface area contributed by atoms with Gasteiger partial charge in [-0.25, -0.2) is 4.79 Å². The summed E-state index contributed by atoms with van der Waals surface area (Å²) in [6.45, 7) is 3.87. The summed E-state index contributed by atoms with van der Waals surface area (Å²) in [5, 5.41) is 10.9. The molecule has 0 aliphatic carbocycles. The van der Waals surface area contributed by atoms with Crippen LogP contribution in [-0.2, 0) is 9.53 Å². The van der Waals surface area contributed by atoms with Crippen LogP contribution in [0.15, 0.2) is 36.2 Å². The minimum absolute atomic E-state index is 0.311. The Kier molecular flexibility index (Phi) is 3.62. The van der Waals surface area contributed by atoms with Crippen molar-refractivity contribution < 1.29 is 9.53 Å². The van der Waals surface area contributed by atoms with Crippen molar-refractivity contribution in [2.45, 2.75) is 13.8 Å². The standard InChI is InChI=1S/C13H15N3O2/c1-3-18-13(17)9(2)7-14-11-4-5-12-10(6-11)8-15-16-12/h4-8,14H,3H2,1-2H3,(H,15,16)/b9-7-. The topological polar surface area (TPSA) is 67.0 Å². The minimum Gasteiger partial charge on any atom is -0.463 e. The van der Waals surface area contributed by atoms with Crippen LogP contribution in [0.5, 0.6) is 0 Å². The number of aromatic nitrogens is 2. The molecule has 0 atom stereocenters. The first-order valence-electron chi connectivity index (χ1n) is 5.74. The largest absolute Gasteiger partial charge is 0.463 e. The van der Waals surface area contributed by atoms with E-state index in [0.717, 1.165) is 16.6 Å². The minimum atomic E-state index is -0.311. The number of hydrogen-bond donors (Lipinski definition) is 2. The number of esters is 1. The van der Waals surface area contributed by atoms with E-state index in [1.54, 1.807) is 26.2 Å². The Labute approximate surface area is 105 Å². The number of carbonyl (C=O) groups is 1. The third-order valence-corrected chi connectivity index (χ3v) is 2.49. The third-order valence-electron chi connectivity index (χ3n) is 2.49. The van der Waals surface area contributed by atoms with E-state index in [9.17, 15) is 4.79 Å². The molecule has 0 saturated carbocycles. The third kappa shape index (κ3) is 2.68. The highest BCUT2D eigenvalue weighted by atomic mass is 16.5. The van der Waals surface area contributed by atoms with Crippen LogP contribution in [0.3, 0.4) is 0 Å². The van der Waals surface area contributed by atoms with Crippen LogP contribution < -0.4 is 5.32 Å². The highest BCUT2D eigenvalue weighted by Gasteiger charge is 2.03. The molecule has 94 valence electrons. The van der Waals surface area contributed by atoms with E-state index >= 15 is 0 Å². The predicted molar refractivity (Wildman–Crippen MR) is 70.1 cm³/mol. The first-order chi connectivity index (χ1) is 8.70. The van der Waals surface area contributed by atoms with Gasteiger partial charge in [-0.15, -0.1) is 0 Å². The van der Waals surface area contributed by atoms with E-state index in [1.807, 2.05) is 18.2 Å². The van der Waals surface area contributed by atoms with Crippen LogP contribution in [0.25, 0.3) is 10.9 Å². The predicted octanol–water partition coefficient (Wildman–Crippen LogP) is 2.44. The van der Waals surface area contributed by atoms with Crippen molar-refractivity contribution in [2.24, 2.45) is 0 Å². The average Bonchev–Trinajstić information content (AvgIpc) is 2.83. The molecule has 2 rings (SSSR count). The number of hydrogen-bond acceptors (Lipinski definition) is 4. The van der Waals surface area contributed by atoms with Gasteiger partial charge < -0.3 is 10.1 Å². The molecule has 0 saturated heterocycles. The van der Waals surface area contributed by atoms with E-state index in [2.05, 4.69) is 15.5 Å². The first kappa shape index (κ1) is 12.2. The zero-order chi connectivity index (χ0) is 13.0. The summed E-state index contributed by atoms with van der Waals surface area (Å²) in [4.78, 5) is 11.4. The van der Waals surface area contributed by atoms with Gasteiger partial charge in [-0.1, -0.05) is 0 Å². The molecule has 0 fully saturated rings. The van der Waals surface area contributed by atoms with Gasteiger partial charge in [0.1, 0.15) is 0 Å². The van der Waals surface area contributed by atoms with Gasteiger partial charge in [-0.05, 0) is 32.0 Å². The molecule has 18 heavy (non-hydrogen) atoms. The molecule has 0 spiro atoms. The molecule has 2 N–H and O–H groups in total. The molecule has 5 heteroatoms. The second kappa shape index (κ2) is 5.35. The average molecular weight is 245 g/mol. The number of ether oxygens (including phenoxy) is 1. The molecule has 0 bridgehead atoms. The molecule has 2 aromatic rings. The lowest BCUT2D eigenvalue weighted by Crippen LogP contribution is -2.06. The second-order valence-electron chi connectivity index (χ2n) is 3.86. The Hall–Kier alpha value is -2.30. The highest BCUT2D eigenvalue weighted by Crippen LogP contribution is 2.16. The Bertz CT molecular complexity index is 587. The van der Waals surface area contributed by atoms with E-state index in [0.29, 0.717) is 12.2 Å². The number of nitrogens with zero attached hydrogens (tertiary/aromatic N) is 1. The summed E-state index contributed by atoms with van der Waals surface area (Å²) in [6, 6.07) is 5.79. The van der Waals surface area contributed by atoms with Crippen LogP contribution in [0, 0.1) is 0 Å². The zero-order valence-electron chi connectivity index (χ0n) is 10.4. The molecular weight excluding hydrogens is 230 g/mol. The van der Waals surface area contributed by atoms with E-state index in [-0.39, 0.29) is 5.97 Å². The van der Waals surface area contributed by atoms with Crippen molar-refractivity contribution in [1.82, 2.24) is 10.2 Å². The Balaban J connectivity index is 2.09. The van der Waals surface area contributed by atoms with Crippen molar-refractivity contribution in [3.63, 3.8) is 0 Å². The van der Waals surface area contributed by atoms with Gasteiger partial charge in [0.2, 0.25) is 0 Å². The van der Waals surface area contributed by atoms with E-state index in [4.69, 9.17) is 4.74 Å². The fourth-order valence-corrected chi connectivity index (χ4v) is 1.53. The van der Waals surface area contributed by atoms with Gasteiger partial charge in [-0.3, -0.25) is 5.10 Å². The fraction of sp³-hybridized carbons (Fsp3) is 0.231. The van der Waals surface area contributed by atoms with Crippen LogP contribution >= 0.6 is 0 Å². The van der Waals surface area contributed by atoms with Crippen LogP contribution in [0.4, 0.5) is 5.69 Å². The summed E-state index contributed by atoms with van der Waals surface area (Å²) >= 11 is 0. The summed E-state index contributed by atoms with van der Waals surface area (Å²) in [6.07, 6.45) is 3.39. The highest BCUT2D eigenvalue weighted by molar-refractivity contribution is 5.88. The maximum absolute atomic E-state index is 11.4. The SMILES string of the molecule is CCOC(=O)/C(C)=C\Nc1ccc2[nH]ncc2c1. The normalized spacial score (nSPS) is 11.6. The van der Waals surface area contributed by atoms with E-state index in [1.165, 1.54) is 0 Å². The van der Waals surface area contributed by atoms with Crippen LogP contribution in [0.1, 0.15) is 13.8 Å². The van der Waals surface area contributed by atoms with Crippen molar-refractivity contribution in [3.05, 3.63) is 36.2 Å². The molecule has 0 aliphatic rings. The summed E-state index contributed by atoms with van der Waals surface area (Å²) < 4.78 is 4.89. The first-order valence-corrected chi connectivity index (χ1v) is 5.74. The second-order valence-corrected chi connectivity index (χ2v) is 3.86. The van der Waals surface area contributed by atoms with Gasteiger partial charge in [-0.2, -0.15) is 5.10 Å². The molecule has 1 aromatic carbocycles. The molecule has 5 nitrogen and oxygen atoms in total. The Morgan fingerprint density at radius 1 is 1.56 bits per heavy atom. The van der Waals surface area contributed by atoms with Gasteiger partial charge in [0.15, 0.2) is 0 Å². The molecular formula is C13H15N3O2. The molecule has 0 radical (unpaired) electrons. The summed E-state index contributed by atoms with van der Waals surface area (Å²) in [7, 11) is 0. The number of nitrogens with one attached hydrogen (secondary N) is 2. The monoisotopic (exact) mass is 245 g/mol. The number of H-pyrrole nitrogens is 1. The maximum Gasteiger partial charge on any atom is 0.335 e. The number of benzene rings is 1. The van der Waals surface area contributed by atoms with Crippen LogP contribution in [-0.4, -0.2) is 22.8 Å². The quantitative estimate of drug-likeness (QED) is 0.641. The Morgan fingerprint density at radius 2 is 2.39 bits per heavy atom. The molecule has 1 aromatic heterocycles. The molecule has 0 amide bonds. The lowest BCUT2D eigenvalue weighted by Gasteiger charge is -2.04. The number of rotatable bonds is 4. The number of fused-ring (bicyclic) bond motifs is 1. The lowest BCUT2D eigenvalue weighted by atomic mass is 10.2. The van der Waals surface area contributed by atoms with Gasteiger partial charge >= 0.3 is 5.97 Å². The molecule has 0 aliphatic heterocycles. The smallest absolute Gasteiger partial charge is 0.335 e. The lowest BCUT2D eigenvalue weighted by molar-refractivity contribution is -0.138. The summed E-state index contributed by atoms with van der Waals surface area (Å²) in [5.74, 6) is -0.311. The maximum atomic E-state index is 11.4. The van der Waals surface area contributed by atoms with E-state index < -0.39 is 0 Å². The molecule has 0 unspecified atom stereocenters. The zero-order valence-corrected chi connectivity index (χ0v) is 10.4. The van der Waals surface area contributed by atoms with Gasteiger partial charge in [0, 0.05) is 17.3 Å². The molecule has 1 heterocycles. The van der Waals surface area contributed by atoms with Gasteiger partial charge in [0.05, 0.1) is 23.9 Å². The number of carbonyl (C=O) groups excluding carboxylic acids is 1. The summed E-state index contributed by atoms with van der Waals surface area (Å²) in [5.41, 5.74) is 2.41. The van der Waals surface area contributed by atoms with Crippen molar-refractivity contribution >= 4 is 22.6 Å².